The lowest BCUT2D eigenvalue weighted by Gasteiger charge is -2.08. The van der Waals surface area contributed by atoms with Crippen molar-refractivity contribution in [3.8, 4) is 0 Å². The van der Waals surface area contributed by atoms with E-state index in [4.69, 9.17) is 11.6 Å². The molecular formula is C19H17ClN4O5S2. The topological polar surface area (TPSA) is 124 Å². The van der Waals surface area contributed by atoms with Crippen LogP contribution in [0, 0.1) is 24.0 Å². The number of nitro groups is 1. The summed E-state index contributed by atoms with van der Waals surface area (Å²) in [7, 11) is -3.89. The normalized spacial score (nSPS) is 11.5. The summed E-state index contributed by atoms with van der Waals surface area (Å²) < 4.78 is 28.1. The van der Waals surface area contributed by atoms with Gasteiger partial charge in [0.1, 0.15) is 0 Å². The second-order valence-corrected chi connectivity index (χ2v) is 9.72. The van der Waals surface area contributed by atoms with Crippen molar-refractivity contribution < 1.29 is 18.1 Å². The number of halogens is 1. The summed E-state index contributed by atoms with van der Waals surface area (Å²) in [5.41, 5.74) is 1.10. The van der Waals surface area contributed by atoms with Crippen LogP contribution in [0.4, 0.5) is 5.69 Å². The molecule has 0 fully saturated rings. The smallest absolute Gasteiger partial charge is 0.269 e. The molecular weight excluding hydrogens is 464 g/mol. The van der Waals surface area contributed by atoms with Gasteiger partial charge in [-0.15, -0.1) is 0 Å². The quantitative estimate of drug-likeness (QED) is 0.402. The van der Waals surface area contributed by atoms with E-state index >= 15 is 0 Å². The Morgan fingerprint density at radius 1 is 1.16 bits per heavy atom. The van der Waals surface area contributed by atoms with E-state index in [0.717, 1.165) is 9.58 Å². The average molecular weight is 481 g/mol. The molecule has 0 aliphatic carbocycles. The highest BCUT2D eigenvalue weighted by atomic mass is 35.5. The highest BCUT2D eigenvalue weighted by Gasteiger charge is 2.21. The van der Waals surface area contributed by atoms with E-state index in [1.807, 2.05) is 0 Å². The molecule has 3 rings (SSSR count). The fourth-order valence-corrected chi connectivity index (χ4v) is 4.73. The van der Waals surface area contributed by atoms with Crippen molar-refractivity contribution in [3.63, 3.8) is 0 Å². The van der Waals surface area contributed by atoms with Gasteiger partial charge in [0.15, 0.2) is 0 Å². The first-order valence-electron chi connectivity index (χ1n) is 8.85. The first kappa shape index (κ1) is 22.9. The van der Waals surface area contributed by atoms with Crippen molar-refractivity contribution >= 4 is 45.0 Å². The number of aromatic nitrogens is 2. The van der Waals surface area contributed by atoms with Gasteiger partial charge in [-0.3, -0.25) is 14.9 Å². The number of rotatable bonds is 7. The van der Waals surface area contributed by atoms with Crippen molar-refractivity contribution in [2.75, 3.05) is 6.54 Å². The zero-order valence-electron chi connectivity index (χ0n) is 16.4. The molecule has 0 bridgehead atoms. The Balaban J connectivity index is 1.74. The molecule has 0 spiro atoms. The van der Waals surface area contributed by atoms with Crippen LogP contribution in [0.15, 0.2) is 63.2 Å². The van der Waals surface area contributed by atoms with Crippen LogP contribution in [-0.4, -0.2) is 35.6 Å². The Morgan fingerprint density at radius 2 is 1.77 bits per heavy atom. The van der Waals surface area contributed by atoms with Gasteiger partial charge >= 0.3 is 0 Å². The van der Waals surface area contributed by atoms with E-state index in [9.17, 15) is 23.3 Å². The number of nitrogens with one attached hydrogen (secondary N) is 1. The summed E-state index contributed by atoms with van der Waals surface area (Å²) in [6.07, 6.45) is 0. The van der Waals surface area contributed by atoms with Gasteiger partial charge in [-0.05, 0) is 50.2 Å². The van der Waals surface area contributed by atoms with Gasteiger partial charge in [0.25, 0.3) is 11.6 Å². The molecule has 0 amide bonds. The zero-order valence-corrected chi connectivity index (χ0v) is 18.8. The monoisotopic (exact) mass is 480 g/mol. The van der Waals surface area contributed by atoms with Crippen molar-refractivity contribution in [2.45, 2.75) is 28.5 Å². The molecule has 0 saturated carbocycles. The first-order chi connectivity index (χ1) is 14.6. The number of nitro benzene ring substituents is 1. The summed E-state index contributed by atoms with van der Waals surface area (Å²) in [6.45, 7) is 2.94. The molecule has 1 N–H and O–H groups in total. The summed E-state index contributed by atoms with van der Waals surface area (Å²) in [4.78, 5) is 24.4. The maximum atomic E-state index is 12.6. The van der Waals surface area contributed by atoms with E-state index in [1.54, 1.807) is 26.0 Å². The number of carbonyl (C=O) groups is 1. The van der Waals surface area contributed by atoms with Crippen molar-refractivity contribution in [1.29, 1.82) is 0 Å². The van der Waals surface area contributed by atoms with Crippen molar-refractivity contribution in [3.05, 3.63) is 75.1 Å². The van der Waals surface area contributed by atoms with Crippen LogP contribution in [0.3, 0.4) is 0 Å². The first-order valence-corrected chi connectivity index (χ1v) is 11.5. The van der Waals surface area contributed by atoms with E-state index in [-0.39, 0.29) is 10.6 Å². The third-order valence-electron chi connectivity index (χ3n) is 4.27. The van der Waals surface area contributed by atoms with Crippen LogP contribution >= 0.6 is 23.4 Å². The Labute approximate surface area is 187 Å². The molecule has 12 heteroatoms. The number of hydrogen-bond donors (Lipinski definition) is 1. The molecule has 3 aromatic rings. The third kappa shape index (κ3) is 5.31. The molecule has 1 heterocycles. The Hall–Kier alpha value is -2.73. The van der Waals surface area contributed by atoms with Gasteiger partial charge < -0.3 is 0 Å². The Morgan fingerprint density at radius 3 is 2.35 bits per heavy atom. The van der Waals surface area contributed by atoms with Crippen molar-refractivity contribution in [1.82, 2.24) is 14.5 Å². The van der Waals surface area contributed by atoms with E-state index < -0.39 is 27.4 Å². The summed E-state index contributed by atoms with van der Waals surface area (Å²) in [6, 6.07) is 11.6. The Bertz CT molecular complexity index is 1240. The predicted molar refractivity (Wildman–Crippen MR) is 116 cm³/mol. The molecule has 31 heavy (non-hydrogen) atoms. The molecule has 1 aromatic heterocycles. The molecule has 162 valence electrons. The Kier molecular flexibility index (Phi) is 6.80. The van der Waals surface area contributed by atoms with Crippen LogP contribution in [0.25, 0.3) is 0 Å². The maximum Gasteiger partial charge on any atom is 0.269 e. The van der Waals surface area contributed by atoms with E-state index in [0.29, 0.717) is 21.3 Å². The van der Waals surface area contributed by atoms with Crippen LogP contribution in [0.1, 0.15) is 16.2 Å². The molecule has 0 aliphatic rings. The minimum Gasteiger partial charge on any atom is -0.271 e. The molecule has 9 nitrogen and oxygen atoms in total. The standard InChI is InChI=1S/C19H17ClN4O5S2/c1-12-19(30-16-7-5-15(6-8-16)24(26)27)13(2)23(22-12)18(25)11-21-31(28,29)17-9-3-14(20)4-10-17/h3-10,21H,11H2,1-2H3. The number of hydrogen-bond acceptors (Lipinski definition) is 7. The minimum absolute atomic E-state index is 0.00696. The van der Waals surface area contributed by atoms with Crippen LogP contribution in [-0.2, 0) is 10.0 Å². The molecule has 0 radical (unpaired) electrons. The minimum atomic E-state index is -3.89. The fourth-order valence-electron chi connectivity index (χ4n) is 2.70. The van der Waals surface area contributed by atoms with Crippen LogP contribution < -0.4 is 4.72 Å². The van der Waals surface area contributed by atoms with Crippen LogP contribution in [0.5, 0.6) is 0 Å². The second kappa shape index (κ2) is 9.18. The molecule has 0 aliphatic heterocycles. The lowest BCUT2D eigenvalue weighted by molar-refractivity contribution is -0.384. The molecule has 0 saturated heterocycles. The highest BCUT2D eigenvalue weighted by molar-refractivity contribution is 7.99. The zero-order chi connectivity index (χ0) is 22.8. The average Bonchev–Trinajstić information content (AvgIpc) is 3.01. The lowest BCUT2D eigenvalue weighted by Crippen LogP contribution is -2.33. The van der Waals surface area contributed by atoms with E-state index in [2.05, 4.69) is 9.82 Å². The number of nitrogens with zero attached hydrogens (tertiary/aromatic N) is 3. The third-order valence-corrected chi connectivity index (χ3v) is 7.24. The molecule has 0 unspecified atom stereocenters. The molecule has 2 aromatic carbocycles. The summed E-state index contributed by atoms with van der Waals surface area (Å²) in [5, 5.41) is 15.4. The van der Waals surface area contributed by atoms with Gasteiger partial charge in [0.2, 0.25) is 10.0 Å². The van der Waals surface area contributed by atoms with E-state index in [1.165, 1.54) is 48.2 Å². The summed E-state index contributed by atoms with van der Waals surface area (Å²) >= 11 is 7.08. The van der Waals surface area contributed by atoms with Crippen LogP contribution in [0.2, 0.25) is 5.02 Å². The number of aryl methyl sites for hydroxylation is 1. The van der Waals surface area contributed by atoms with Gasteiger partial charge in [-0.1, -0.05) is 23.4 Å². The number of sulfonamides is 1. The fraction of sp³-hybridized carbons (Fsp3) is 0.158. The summed E-state index contributed by atoms with van der Waals surface area (Å²) in [5.74, 6) is -0.548. The second-order valence-electron chi connectivity index (χ2n) is 6.44. The maximum absolute atomic E-state index is 12.6. The largest absolute Gasteiger partial charge is 0.271 e. The van der Waals surface area contributed by atoms with Gasteiger partial charge in [-0.25, -0.2) is 17.8 Å². The molecule has 0 atom stereocenters. The van der Waals surface area contributed by atoms with Gasteiger partial charge in [0, 0.05) is 22.1 Å². The van der Waals surface area contributed by atoms with Gasteiger partial charge in [0.05, 0.1) is 32.6 Å². The lowest BCUT2D eigenvalue weighted by atomic mass is 10.3. The number of benzene rings is 2. The SMILES string of the molecule is Cc1nn(C(=O)CNS(=O)(=O)c2ccc(Cl)cc2)c(C)c1Sc1ccc([N+](=O)[O-])cc1. The number of carbonyl (C=O) groups excluding carboxylic acids is 1. The highest BCUT2D eigenvalue weighted by Crippen LogP contribution is 2.33. The number of non-ortho nitro benzene ring substituents is 1. The predicted octanol–water partition coefficient (Wildman–Crippen LogP) is 3.83. The van der Waals surface area contributed by atoms with Gasteiger partial charge in [-0.2, -0.15) is 5.10 Å². The van der Waals surface area contributed by atoms with Crippen molar-refractivity contribution in [2.24, 2.45) is 0 Å².